The van der Waals surface area contributed by atoms with Crippen molar-refractivity contribution in [1.29, 1.82) is 0 Å². The van der Waals surface area contributed by atoms with Crippen molar-refractivity contribution >= 4 is 27.7 Å². The van der Waals surface area contributed by atoms with Crippen LogP contribution in [0.1, 0.15) is 43.4 Å². The van der Waals surface area contributed by atoms with E-state index in [0.29, 0.717) is 6.42 Å². The summed E-state index contributed by atoms with van der Waals surface area (Å²) in [7, 11) is 0. The molecule has 0 saturated carbocycles. The van der Waals surface area contributed by atoms with E-state index in [4.69, 9.17) is 0 Å². The molecule has 1 amide bonds. The summed E-state index contributed by atoms with van der Waals surface area (Å²) >= 11 is 3.58. The fourth-order valence-electron chi connectivity index (χ4n) is 2.67. The van der Waals surface area contributed by atoms with Crippen LogP contribution in [0.4, 0.5) is 5.82 Å². The maximum Gasteiger partial charge on any atom is 0.226 e. The number of carbonyl (C=O) groups is 1. The van der Waals surface area contributed by atoms with Crippen LogP contribution < -0.4 is 5.32 Å². The van der Waals surface area contributed by atoms with E-state index < -0.39 is 0 Å². The van der Waals surface area contributed by atoms with E-state index in [2.05, 4.69) is 46.3 Å². The van der Waals surface area contributed by atoms with Crippen molar-refractivity contribution in [2.75, 3.05) is 5.32 Å². The third kappa shape index (κ3) is 2.16. The highest BCUT2D eigenvalue weighted by atomic mass is 79.9. The predicted molar refractivity (Wildman–Crippen MR) is 81.8 cm³/mol. The molecule has 1 aliphatic rings. The van der Waals surface area contributed by atoms with Crippen LogP contribution in [0.2, 0.25) is 0 Å². The molecule has 0 saturated heterocycles. The number of amides is 1. The van der Waals surface area contributed by atoms with Gasteiger partial charge in [0.15, 0.2) is 0 Å². The lowest BCUT2D eigenvalue weighted by Crippen LogP contribution is -2.25. The number of nitrogens with zero attached hydrogens (tertiary/aromatic N) is 2. The molecule has 20 heavy (non-hydrogen) atoms. The first-order valence-electron chi connectivity index (χ1n) is 6.69. The lowest BCUT2D eigenvalue weighted by atomic mass is 9.87. The van der Waals surface area contributed by atoms with Crippen LogP contribution in [0.15, 0.2) is 34.9 Å². The standard InChI is InChI=1S/C15H16BrN3O/c1-9(2)19-15-12(8-17-19)11(7-14(20)18-15)10-5-3-4-6-13(10)16/h3-6,8-9,11H,7H2,1-2H3,(H,18,20)/t11-/m1/s1. The molecular formula is C15H16BrN3O. The summed E-state index contributed by atoms with van der Waals surface area (Å²) < 4.78 is 2.90. The van der Waals surface area contributed by atoms with Gasteiger partial charge in [-0.15, -0.1) is 0 Å². The summed E-state index contributed by atoms with van der Waals surface area (Å²) in [5.41, 5.74) is 2.22. The third-order valence-corrected chi connectivity index (χ3v) is 4.34. The normalized spacial score (nSPS) is 18.0. The van der Waals surface area contributed by atoms with Crippen LogP contribution in [-0.2, 0) is 4.79 Å². The van der Waals surface area contributed by atoms with Crippen LogP contribution in [0.3, 0.4) is 0 Å². The Kier molecular flexibility index (Phi) is 3.38. The van der Waals surface area contributed by atoms with Gasteiger partial charge in [0.05, 0.1) is 6.20 Å². The molecule has 0 aliphatic carbocycles. The highest BCUT2D eigenvalue weighted by molar-refractivity contribution is 9.10. The number of benzene rings is 1. The lowest BCUT2D eigenvalue weighted by Gasteiger charge is -2.25. The van der Waals surface area contributed by atoms with Crippen molar-refractivity contribution in [2.24, 2.45) is 0 Å². The zero-order valence-corrected chi connectivity index (χ0v) is 13.0. The number of fused-ring (bicyclic) bond motifs is 1. The zero-order chi connectivity index (χ0) is 14.3. The molecule has 1 N–H and O–H groups in total. The van der Waals surface area contributed by atoms with Crippen molar-refractivity contribution in [3.05, 3.63) is 46.1 Å². The Morgan fingerprint density at radius 2 is 2.10 bits per heavy atom. The summed E-state index contributed by atoms with van der Waals surface area (Å²) in [4.78, 5) is 12.0. The molecule has 4 nitrogen and oxygen atoms in total. The number of hydrogen-bond donors (Lipinski definition) is 1. The van der Waals surface area contributed by atoms with Crippen LogP contribution >= 0.6 is 15.9 Å². The maximum atomic E-state index is 12.0. The molecular weight excluding hydrogens is 318 g/mol. The number of rotatable bonds is 2. The van der Waals surface area contributed by atoms with Gasteiger partial charge in [-0.2, -0.15) is 5.10 Å². The average Bonchev–Trinajstić information content (AvgIpc) is 2.82. The maximum absolute atomic E-state index is 12.0. The molecule has 104 valence electrons. The second kappa shape index (κ2) is 5.05. The molecule has 2 aromatic rings. The van der Waals surface area contributed by atoms with E-state index in [1.807, 2.05) is 29.1 Å². The topological polar surface area (TPSA) is 46.9 Å². The van der Waals surface area contributed by atoms with Gasteiger partial charge in [0, 0.05) is 28.4 Å². The number of hydrogen-bond acceptors (Lipinski definition) is 2. The van der Waals surface area contributed by atoms with E-state index in [0.717, 1.165) is 21.4 Å². The van der Waals surface area contributed by atoms with Gasteiger partial charge in [-0.1, -0.05) is 34.1 Å². The first kappa shape index (κ1) is 13.4. The van der Waals surface area contributed by atoms with Gasteiger partial charge < -0.3 is 5.32 Å². The largest absolute Gasteiger partial charge is 0.311 e. The Labute approximate surface area is 126 Å². The minimum atomic E-state index is 0.0423. The van der Waals surface area contributed by atoms with E-state index in [9.17, 15) is 4.79 Å². The van der Waals surface area contributed by atoms with Gasteiger partial charge in [-0.3, -0.25) is 4.79 Å². The van der Waals surface area contributed by atoms with E-state index in [1.54, 1.807) is 0 Å². The molecule has 0 fully saturated rings. The van der Waals surface area contributed by atoms with Crippen molar-refractivity contribution in [2.45, 2.75) is 32.2 Å². The molecule has 0 unspecified atom stereocenters. The zero-order valence-electron chi connectivity index (χ0n) is 11.4. The SMILES string of the molecule is CC(C)n1ncc2c1NC(=O)C[C@@H]2c1ccccc1Br. The summed E-state index contributed by atoms with van der Waals surface area (Å²) in [5.74, 6) is 0.930. The van der Waals surface area contributed by atoms with Gasteiger partial charge in [-0.05, 0) is 25.5 Å². The van der Waals surface area contributed by atoms with Crippen LogP contribution in [0, 0.1) is 0 Å². The van der Waals surface area contributed by atoms with Crippen molar-refractivity contribution in [1.82, 2.24) is 9.78 Å². The van der Waals surface area contributed by atoms with Crippen LogP contribution in [-0.4, -0.2) is 15.7 Å². The Bertz CT molecular complexity index is 663. The summed E-state index contributed by atoms with van der Waals surface area (Å²) in [6.45, 7) is 4.11. The second-order valence-electron chi connectivity index (χ2n) is 5.31. The number of nitrogens with one attached hydrogen (secondary N) is 1. The molecule has 0 radical (unpaired) electrons. The fourth-order valence-corrected chi connectivity index (χ4v) is 3.23. The second-order valence-corrected chi connectivity index (χ2v) is 6.17. The van der Waals surface area contributed by atoms with Gasteiger partial charge in [0.25, 0.3) is 0 Å². The predicted octanol–water partition coefficient (Wildman–Crippen LogP) is 3.70. The molecule has 1 aromatic carbocycles. The first-order valence-corrected chi connectivity index (χ1v) is 7.49. The average molecular weight is 334 g/mol. The molecule has 3 rings (SSSR count). The smallest absolute Gasteiger partial charge is 0.226 e. The van der Waals surface area contributed by atoms with Gasteiger partial charge >= 0.3 is 0 Å². The Morgan fingerprint density at radius 1 is 1.35 bits per heavy atom. The van der Waals surface area contributed by atoms with Crippen molar-refractivity contribution < 1.29 is 4.79 Å². The first-order chi connectivity index (χ1) is 9.58. The van der Waals surface area contributed by atoms with Crippen LogP contribution in [0.5, 0.6) is 0 Å². The molecule has 1 aliphatic heterocycles. The number of anilines is 1. The van der Waals surface area contributed by atoms with E-state index in [1.165, 1.54) is 0 Å². The Hall–Kier alpha value is -1.62. The van der Waals surface area contributed by atoms with Gasteiger partial charge in [0.2, 0.25) is 5.91 Å². The Morgan fingerprint density at radius 3 is 2.80 bits per heavy atom. The van der Waals surface area contributed by atoms with Crippen molar-refractivity contribution in [3.8, 4) is 0 Å². The van der Waals surface area contributed by atoms with E-state index >= 15 is 0 Å². The van der Waals surface area contributed by atoms with Gasteiger partial charge in [0.1, 0.15) is 5.82 Å². The van der Waals surface area contributed by atoms with Gasteiger partial charge in [-0.25, -0.2) is 4.68 Å². The molecule has 1 atom stereocenters. The Balaban J connectivity index is 2.12. The number of carbonyl (C=O) groups excluding carboxylic acids is 1. The number of aromatic nitrogens is 2. The molecule has 1 aromatic heterocycles. The summed E-state index contributed by atoms with van der Waals surface area (Å²) in [6.07, 6.45) is 2.33. The van der Waals surface area contributed by atoms with E-state index in [-0.39, 0.29) is 17.9 Å². The summed E-state index contributed by atoms with van der Waals surface area (Å²) in [5, 5.41) is 7.38. The summed E-state index contributed by atoms with van der Waals surface area (Å²) in [6, 6.07) is 8.27. The minimum Gasteiger partial charge on any atom is -0.311 e. The van der Waals surface area contributed by atoms with Crippen molar-refractivity contribution in [3.63, 3.8) is 0 Å². The molecule has 0 bridgehead atoms. The molecule has 2 heterocycles. The third-order valence-electron chi connectivity index (χ3n) is 3.62. The molecule has 5 heteroatoms. The molecule has 0 spiro atoms. The minimum absolute atomic E-state index is 0.0423. The quantitative estimate of drug-likeness (QED) is 0.910. The van der Waals surface area contributed by atoms with Crippen LogP contribution in [0.25, 0.3) is 0 Å². The lowest BCUT2D eigenvalue weighted by molar-refractivity contribution is -0.116. The number of halogens is 1. The fraction of sp³-hybridized carbons (Fsp3) is 0.333. The highest BCUT2D eigenvalue weighted by Crippen LogP contribution is 2.40. The highest BCUT2D eigenvalue weighted by Gasteiger charge is 2.31. The monoisotopic (exact) mass is 333 g/mol.